The Morgan fingerprint density at radius 2 is 2.13 bits per heavy atom. The highest BCUT2D eigenvalue weighted by molar-refractivity contribution is 5.45. The molecule has 1 saturated heterocycles. The Morgan fingerprint density at radius 3 is 2.78 bits per heavy atom. The van der Waals surface area contributed by atoms with Gasteiger partial charge in [-0.3, -0.25) is 4.90 Å². The maximum absolute atomic E-state index is 10.7. The molecule has 0 unspecified atom stereocenters. The van der Waals surface area contributed by atoms with Gasteiger partial charge >= 0.3 is 0 Å². The molecule has 23 heavy (non-hydrogen) atoms. The summed E-state index contributed by atoms with van der Waals surface area (Å²) >= 11 is 0. The van der Waals surface area contributed by atoms with Crippen LogP contribution in [0, 0.1) is 11.8 Å². The minimum Gasteiger partial charge on any atom is -0.496 e. The van der Waals surface area contributed by atoms with Gasteiger partial charge in [-0.2, -0.15) is 0 Å². The first-order valence-corrected chi connectivity index (χ1v) is 9.15. The van der Waals surface area contributed by atoms with E-state index in [0.717, 1.165) is 44.5 Å². The van der Waals surface area contributed by atoms with Crippen LogP contribution in [0.15, 0.2) is 12.1 Å². The van der Waals surface area contributed by atoms with E-state index in [1.54, 1.807) is 7.11 Å². The highest BCUT2D eigenvalue weighted by Gasteiger charge is 2.38. The number of aliphatic hydroxyl groups excluding tert-OH is 1. The van der Waals surface area contributed by atoms with Gasteiger partial charge in [-0.1, -0.05) is 26.8 Å². The van der Waals surface area contributed by atoms with E-state index in [1.165, 1.54) is 16.7 Å². The molecule has 0 amide bonds. The van der Waals surface area contributed by atoms with Gasteiger partial charge < -0.3 is 9.84 Å². The fourth-order valence-electron chi connectivity index (χ4n) is 4.47. The number of methoxy groups -OCH3 is 1. The molecule has 0 aromatic heterocycles. The Kier molecular flexibility index (Phi) is 4.98. The van der Waals surface area contributed by atoms with Crippen LogP contribution < -0.4 is 4.74 Å². The predicted octanol–water partition coefficient (Wildman–Crippen LogP) is 3.58. The van der Waals surface area contributed by atoms with Gasteiger partial charge in [0.05, 0.1) is 13.2 Å². The van der Waals surface area contributed by atoms with Crippen molar-refractivity contribution in [2.75, 3.05) is 20.2 Å². The van der Waals surface area contributed by atoms with Gasteiger partial charge in [-0.15, -0.1) is 0 Å². The van der Waals surface area contributed by atoms with E-state index in [2.05, 4.69) is 37.8 Å². The molecule has 3 atom stereocenters. The van der Waals surface area contributed by atoms with Crippen LogP contribution >= 0.6 is 0 Å². The molecule has 2 aliphatic heterocycles. The van der Waals surface area contributed by atoms with E-state index < -0.39 is 0 Å². The largest absolute Gasteiger partial charge is 0.496 e. The van der Waals surface area contributed by atoms with Gasteiger partial charge in [0.25, 0.3) is 0 Å². The SMILES string of the molecule is CCc1cc2c(cc1OC)CCN1C[C@@H](CC(C)C)[C@@H](O)C[C@H]21. The van der Waals surface area contributed by atoms with E-state index in [0.29, 0.717) is 17.9 Å². The van der Waals surface area contributed by atoms with Gasteiger partial charge in [0.1, 0.15) is 5.75 Å². The molecule has 1 N–H and O–H groups in total. The average Bonchev–Trinajstić information content (AvgIpc) is 2.53. The number of aryl methyl sites for hydroxylation is 1. The first-order valence-electron chi connectivity index (χ1n) is 9.15. The van der Waals surface area contributed by atoms with Crippen LogP contribution in [0.3, 0.4) is 0 Å². The normalized spacial score (nSPS) is 27.7. The van der Waals surface area contributed by atoms with Crippen LogP contribution in [0.25, 0.3) is 0 Å². The third-order valence-electron chi connectivity index (χ3n) is 5.64. The first-order chi connectivity index (χ1) is 11.0. The molecule has 3 nitrogen and oxygen atoms in total. The molecule has 128 valence electrons. The predicted molar refractivity (Wildman–Crippen MR) is 94.0 cm³/mol. The Morgan fingerprint density at radius 1 is 1.35 bits per heavy atom. The second-order valence-corrected chi connectivity index (χ2v) is 7.67. The molecule has 1 aromatic carbocycles. The molecule has 1 aromatic rings. The first kappa shape index (κ1) is 16.8. The molecule has 2 aliphatic rings. The number of rotatable bonds is 4. The minimum absolute atomic E-state index is 0.170. The van der Waals surface area contributed by atoms with Gasteiger partial charge in [0, 0.05) is 19.1 Å². The molecule has 0 bridgehead atoms. The van der Waals surface area contributed by atoms with Crippen molar-refractivity contribution >= 4 is 0 Å². The van der Waals surface area contributed by atoms with Crippen molar-refractivity contribution in [3.63, 3.8) is 0 Å². The van der Waals surface area contributed by atoms with Gasteiger partial charge in [-0.25, -0.2) is 0 Å². The molecule has 0 aliphatic carbocycles. The third kappa shape index (κ3) is 3.27. The number of aliphatic hydroxyl groups is 1. The van der Waals surface area contributed by atoms with E-state index >= 15 is 0 Å². The topological polar surface area (TPSA) is 32.7 Å². The number of benzene rings is 1. The Bertz CT molecular complexity index is 555. The van der Waals surface area contributed by atoms with Crippen molar-refractivity contribution < 1.29 is 9.84 Å². The van der Waals surface area contributed by atoms with Crippen molar-refractivity contribution in [1.82, 2.24) is 4.90 Å². The summed E-state index contributed by atoms with van der Waals surface area (Å²) in [4.78, 5) is 2.61. The summed E-state index contributed by atoms with van der Waals surface area (Å²) in [6.45, 7) is 8.83. The Hall–Kier alpha value is -1.06. The zero-order valence-corrected chi connectivity index (χ0v) is 15.0. The molecule has 3 heteroatoms. The number of hydrogen-bond acceptors (Lipinski definition) is 3. The summed E-state index contributed by atoms with van der Waals surface area (Å²) in [5.41, 5.74) is 4.12. The summed E-state index contributed by atoms with van der Waals surface area (Å²) in [5.74, 6) is 2.10. The Labute approximate surface area is 140 Å². The second-order valence-electron chi connectivity index (χ2n) is 7.67. The van der Waals surface area contributed by atoms with Crippen molar-refractivity contribution in [3.05, 3.63) is 28.8 Å². The molecular weight excluding hydrogens is 286 g/mol. The van der Waals surface area contributed by atoms with Crippen LogP contribution in [0.5, 0.6) is 5.75 Å². The standard InChI is InChI=1S/C20H31NO2/c1-5-14-9-17-15(10-20(14)23-4)6-7-21-12-16(8-13(2)3)19(22)11-18(17)21/h9-10,13,16,18-19,22H,5-8,11-12H2,1-4H3/t16-,18-,19+/m1/s1. The van der Waals surface area contributed by atoms with Crippen LogP contribution in [-0.2, 0) is 12.8 Å². The van der Waals surface area contributed by atoms with Gasteiger partial charge in [0.2, 0.25) is 0 Å². The number of hydrogen-bond donors (Lipinski definition) is 1. The summed E-state index contributed by atoms with van der Waals surface area (Å²) < 4.78 is 5.56. The van der Waals surface area contributed by atoms with E-state index in [1.807, 2.05) is 0 Å². The van der Waals surface area contributed by atoms with Crippen LogP contribution in [0.1, 0.15) is 56.3 Å². The quantitative estimate of drug-likeness (QED) is 0.921. The molecule has 2 heterocycles. The lowest BCUT2D eigenvalue weighted by Crippen LogP contribution is -2.48. The second kappa shape index (κ2) is 6.82. The number of ether oxygens (including phenoxy) is 1. The average molecular weight is 317 g/mol. The highest BCUT2D eigenvalue weighted by atomic mass is 16.5. The van der Waals surface area contributed by atoms with Crippen molar-refractivity contribution in [2.45, 2.75) is 58.6 Å². The van der Waals surface area contributed by atoms with Crippen molar-refractivity contribution in [1.29, 1.82) is 0 Å². The van der Waals surface area contributed by atoms with E-state index in [9.17, 15) is 5.11 Å². The maximum atomic E-state index is 10.7. The smallest absolute Gasteiger partial charge is 0.122 e. The Balaban J connectivity index is 1.87. The molecule has 1 fully saturated rings. The summed E-state index contributed by atoms with van der Waals surface area (Å²) in [7, 11) is 1.76. The van der Waals surface area contributed by atoms with Crippen LogP contribution in [0.4, 0.5) is 0 Å². The van der Waals surface area contributed by atoms with Crippen molar-refractivity contribution in [2.24, 2.45) is 11.8 Å². The zero-order valence-electron chi connectivity index (χ0n) is 15.0. The maximum Gasteiger partial charge on any atom is 0.122 e. The number of nitrogens with zero attached hydrogens (tertiary/aromatic N) is 1. The molecule has 3 rings (SSSR count). The zero-order chi connectivity index (χ0) is 16.6. The minimum atomic E-state index is -0.170. The summed E-state index contributed by atoms with van der Waals surface area (Å²) in [6, 6.07) is 4.95. The van der Waals surface area contributed by atoms with Crippen LogP contribution in [-0.4, -0.2) is 36.3 Å². The molecule has 0 spiro atoms. The fraction of sp³-hybridized carbons (Fsp3) is 0.700. The highest BCUT2D eigenvalue weighted by Crippen LogP contribution is 2.41. The third-order valence-corrected chi connectivity index (χ3v) is 5.64. The van der Waals surface area contributed by atoms with Gasteiger partial charge in [-0.05, 0) is 60.3 Å². The number of piperidine rings is 1. The number of fused-ring (bicyclic) bond motifs is 3. The van der Waals surface area contributed by atoms with Crippen molar-refractivity contribution in [3.8, 4) is 5.75 Å². The molecule has 0 saturated carbocycles. The summed E-state index contributed by atoms with van der Waals surface area (Å²) in [5, 5.41) is 10.7. The monoisotopic (exact) mass is 317 g/mol. The lowest BCUT2D eigenvalue weighted by Gasteiger charge is -2.46. The van der Waals surface area contributed by atoms with Crippen LogP contribution in [0.2, 0.25) is 0 Å². The summed E-state index contributed by atoms with van der Waals surface area (Å²) in [6.07, 6.45) is 3.91. The lowest BCUT2D eigenvalue weighted by atomic mass is 9.78. The van der Waals surface area contributed by atoms with E-state index in [-0.39, 0.29) is 6.10 Å². The molecule has 0 radical (unpaired) electrons. The van der Waals surface area contributed by atoms with Gasteiger partial charge in [0.15, 0.2) is 0 Å². The molecular formula is C20H31NO2. The fourth-order valence-corrected chi connectivity index (χ4v) is 4.47. The van der Waals surface area contributed by atoms with E-state index in [4.69, 9.17) is 4.74 Å². The lowest BCUT2D eigenvalue weighted by molar-refractivity contribution is -0.0191.